The number of ether oxygens (including phenoxy) is 2. The van der Waals surface area contributed by atoms with E-state index in [0.717, 1.165) is 5.56 Å². The Morgan fingerprint density at radius 2 is 2.33 bits per heavy atom. The zero-order valence-corrected chi connectivity index (χ0v) is 10.9. The fourth-order valence-corrected chi connectivity index (χ4v) is 2.81. The van der Waals surface area contributed by atoms with Gasteiger partial charge in [0.1, 0.15) is 11.6 Å². The van der Waals surface area contributed by atoms with Crippen molar-refractivity contribution in [1.29, 1.82) is 0 Å². The van der Waals surface area contributed by atoms with Crippen LogP contribution in [0.1, 0.15) is 23.0 Å². The third-order valence-electron chi connectivity index (χ3n) is 2.78. The van der Waals surface area contributed by atoms with Gasteiger partial charge in [0.2, 0.25) is 6.29 Å². The van der Waals surface area contributed by atoms with Gasteiger partial charge in [0.05, 0.1) is 12.5 Å². The van der Waals surface area contributed by atoms with Crippen LogP contribution in [0, 0.1) is 5.82 Å². The Morgan fingerprint density at radius 3 is 3.06 bits per heavy atom. The predicted octanol–water partition coefficient (Wildman–Crippen LogP) is 4.23. The van der Waals surface area contributed by atoms with Gasteiger partial charge in [-0.3, -0.25) is 0 Å². The highest BCUT2D eigenvalue weighted by Crippen LogP contribution is 2.37. The molecule has 2 heterocycles. The van der Waals surface area contributed by atoms with Gasteiger partial charge >= 0.3 is 0 Å². The molecule has 0 amide bonds. The molecule has 0 spiro atoms. The molecule has 1 atom stereocenters. The molecule has 0 saturated heterocycles. The van der Waals surface area contributed by atoms with E-state index in [4.69, 9.17) is 21.1 Å². The van der Waals surface area contributed by atoms with E-state index in [1.807, 2.05) is 16.8 Å². The molecule has 0 N–H and O–H groups in total. The Balaban J connectivity index is 1.96. The molecule has 0 fully saturated rings. The molecule has 2 aromatic rings. The molecule has 0 bridgehead atoms. The molecular weight excluding hydrogens is 275 g/mol. The second-order valence-electron chi connectivity index (χ2n) is 4.00. The van der Waals surface area contributed by atoms with Crippen LogP contribution in [0.5, 0.6) is 5.75 Å². The molecule has 0 saturated carbocycles. The monoisotopic (exact) mass is 284 g/mol. The summed E-state index contributed by atoms with van der Waals surface area (Å²) in [4.78, 5) is 0. The second-order valence-corrected chi connectivity index (χ2v) is 5.05. The lowest BCUT2D eigenvalue weighted by molar-refractivity contribution is -0.111. The van der Waals surface area contributed by atoms with E-state index >= 15 is 0 Å². The molecule has 18 heavy (non-hydrogen) atoms. The van der Waals surface area contributed by atoms with Crippen molar-refractivity contribution < 1.29 is 13.9 Å². The summed E-state index contributed by atoms with van der Waals surface area (Å²) in [6.07, 6.45) is -0.434. The number of thiophene rings is 1. The Morgan fingerprint density at radius 1 is 1.44 bits per heavy atom. The predicted molar refractivity (Wildman–Crippen MR) is 68.4 cm³/mol. The number of hydrogen-bond donors (Lipinski definition) is 0. The summed E-state index contributed by atoms with van der Waals surface area (Å²) in [6, 6.07) is 4.78. The molecular formula is C13H10ClFO2S. The maximum Gasteiger partial charge on any atom is 0.227 e. The summed E-state index contributed by atoms with van der Waals surface area (Å²) < 4.78 is 24.7. The smallest absolute Gasteiger partial charge is 0.227 e. The normalized spacial score (nSPS) is 18.2. The Kier molecular flexibility index (Phi) is 3.24. The van der Waals surface area contributed by atoms with Crippen LogP contribution in [0.2, 0.25) is 0 Å². The van der Waals surface area contributed by atoms with Crippen LogP contribution in [0.3, 0.4) is 0 Å². The van der Waals surface area contributed by atoms with Gasteiger partial charge in [0, 0.05) is 22.1 Å². The van der Waals surface area contributed by atoms with E-state index in [1.54, 1.807) is 11.3 Å². The van der Waals surface area contributed by atoms with Crippen molar-refractivity contribution in [3.63, 3.8) is 0 Å². The van der Waals surface area contributed by atoms with E-state index in [1.165, 1.54) is 12.1 Å². The van der Waals surface area contributed by atoms with Crippen LogP contribution in [-0.2, 0) is 17.2 Å². The fraction of sp³-hybridized carbons (Fsp3) is 0.231. The third-order valence-corrected chi connectivity index (χ3v) is 3.77. The molecule has 0 radical (unpaired) electrons. The second kappa shape index (κ2) is 4.88. The minimum atomic E-state index is -0.434. The van der Waals surface area contributed by atoms with Crippen molar-refractivity contribution in [3.05, 3.63) is 51.5 Å². The standard InChI is InChI=1S/C13H10ClFO2S/c14-5-9-3-11(15)4-10-6-16-13(17-12(9)10)8-1-2-18-7-8/h1-4,7,13H,5-6H2/t13-/m1/s1. The Hall–Kier alpha value is -1.10. The SMILES string of the molecule is Fc1cc(CCl)c2c(c1)CO[C@@H](c1ccsc1)O2. The summed E-state index contributed by atoms with van der Waals surface area (Å²) in [6.45, 7) is 0.331. The van der Waals surface area contributed by atoms with Crippen LogP contribution in [0.4, 0.5) is 4.39 Å². The highest BCUT2D eigenvalue weighted by atomic mass is 35.5. The third kappa shape index (κ3) is 2.11. The topological polar surface area (TPSA) is 18.5 Å². The van der Waals surface area contributed by atoms with Crippen molar-refractivity contribution >= 4 is 22.9 Å². The van der Waals surface area contributed by atoms with Gasteiger partial charge in [0.15, 0.2) is 0 Å². The van der Waals surface area contributed by atoms with E-state index in [0.29, 0.717) is 23.5 Å². The first-order chi connectivity index (χ1) is 8.78. The Bertz CT molecular complexity index is 539. The number of alkyl halides is 1. The fourth-order valence-electron chi connectivity index (χ4n) is 1.95. The quantitative estimate of drug-likeness (QED) is 0.768. The largest absolute Gasteiger partial charge is 0.460 e. The van der Waals surface area contributed by atoms with Crippen molar-refractivity contribution in [2.75, 3.05) is 0 Å². The van der Waals surface area contributed by atoms with E-state index in [-0.39, 0.29) is 11.7 Å². The zero-order valence-electron chi connectivity index (χ0n) is 9.36. The number of halogens is 2. The summed E-state index contributed by atoms with van der Waals surface area (Å²) in [5.41, 5.74) is 2.34. The van der Waals surface area contributed by atoms with Gasteiger partial charge in [-0.05, 0) is 23.6 Å². The average Bonchev–Trinajstić information content (AvgIpc) is 2.91. The number of benzene rings is 1. The van der Waals surface area contributed by atoms with E-state index in [2.05, 4.69) is 0 Å². The molecule has 0 aliphatic carbocycles. The van der Waals surface area contributed by atoms with Crippen molar-refractivity contribution in [3.8, 4) is 5.75 Å². The summed E-state index contributed by atoms with van der Waals surface area (Å²) in [5, 5.41) is 3.93. The molecule has 1 aliphatic rings. The number of hydrogen-bond acceptors (Lipinski definition) is 3. The van der Waals surface area contributed by atoms with Gasteiger partial charge in [0.25, 0.3) is 0 Å². The van der Waals surface area contributed by atoms with Gasteiger partial charge < -0.3 is 9.47 Å². The van der Waals surface area contributed by atoms with E-state index < -0.39 is 6.29 Å². The lowest BCUT2D eigenvalue weighted by atomic mass is 10.1. The number of rotatable bonds is 2. The van der Waals surface area contributed by atoms with Crippen molar-refractivity contribution in [2.24, 2.45) is 0 Å². The zero-order chi connectivity index (χ0) is 12.5. The molecule has 5 heteroatoms. The minimum Gasteiger partial charge on any atom is -0.460 e. The first kappa shape index (κ1) is 12.0. The molecule has 2 nitrogen and oxygen atoms in total. The average molecular weight is 285 g/mol. The minimum absolute atomic E-state index is 0.219. The first-order valence-electron chi connectivity index (χ1n) is 5.45. The van der Waals surface area contributed by atoms with Crippen LogP contribution in [0.25, 0.3) is 0 Å². The van der Waals surface area contributed by atoms with Crippen LogP contribution in [0.15, 0.2) is 29.0 Å². The van der Waals surface area contributed by atoms with Gasteiger partial charge in [-0.2, -0.15) is 11.3 Å². The molecule has 94 valence electrons. The van der Waals surface area contributed by atoms with Gasteiger partial charge in [-0.25, -0.2) is 4.39 Å². The van der Waals surface area contributed by atoms with Crippen molar-refractivity contribution in [2.45, 2.75) is 18.8 Å². The number of fused-ring (bicyclic) bond motifs is 1. The maximum absolute atomic E-state index is 13.3. The lowest BCUT2D eigenvalue weighted by Gasteiger charge is -2.27. The van der Waals surface area contributed by atoms with Crippen molar-refractivity contribution in [1.82, 2.24) is 0 Å². The Labute approximate surface area is 113 Å². The highest BCUT2D eigenvalue weighted by Gasteiger charge is 2.25. The molecule has 1 aromatic carbocycles. The van der Waals surface area contributed by atoms with Crippen LogP contribution in [-0.4, -0.2) is 0 Å². The maximum atomic E-state index is 13.3. The molecule has 1 aromatic heterocycles. The van der Waals surface area contributed by atoms with Gasteiger partial charge in [-0.1, -0.05) is 0 Å². The summed E-state index contributed by atoms with van der Waals surface area (Å²) >= 11 is 7.40. The first-order valence-corrected chi connectivity index (χ1v) is 6.93. The van der Waals surface area contributed by atoms with Crippen LogP contribution < -0.4 is 4.74 Å². The highest BCUT2D eigenvalue weighted by molar-refractivity contribution is 7.07. The van der Waals surface area contributed by atoms with E-state index in [9.17, 15) is 4.39 Å². The molecule has 0 unspecified atom stereocenters. The molecule has 3 rings (SSSR count). The summed E-state index contributed by atoms with van der Waals surface area (Å²) in [5.74, 6) is 0.552. The molecule has 1 aliphatic heterocycles. The van der Waals surface area contributed by atoms with Gasteiger partial charge in [-0.15, -0.1) is 11.6 Å². The summed E-state index contributed by atoms with van der Waals surface area (Å²) in [7, 11) is 0. The lowest BCUT2D eigenvalue weighted by Crippen LogP contribution is -2.18. The van der Waals surface area contributed by atoms with Crippen LogP contribution >= 0.6 is 22.9 Å².